The Balaban J connectivity index is 1.66. The molecular formula is C16H22N2O3. The van der Waals surface area contributed by atoms with Crippen LogP contribution in [0.3, 0.4) is 0 Å². The molecule has 0 aliphatic carbocycles. The predicted molar refractivity (Wildman–Crippen MR) is 79.1 cm³/mol. The molecule has 2 aliphatic rings. The Bertz CT molecular complexity index is 512. The van der Waals surface area contributed by atoms with Crippen molar-refractivity contribution in [2.75, 3.05) is 33.4 Å². The first kappa shape index (κ1) is 14.5. The van der Waals surface area contributed by atoms with Crippen molar-refractivity contribution in [3.8, 4) is 0 Å². The van der Waals surface area contributed by atoms with Gasteiger partial charge in [-0.3, -0.25) is 4.79 Å². The first-order chi connectivity index (χ1) is 10.2. The molecule has 0 radical (unpaired) electrons. The lowest BCUT2D eigenvalue weighted by molar-refractivity contribution is -0.125. The summed E-state index contributed by atoms with van der Waals surface area (Å²) in [6.07, 6.45) is 1.79. The van der Waals surface area contributed by atoms with Crippen molar-refractivity contribution in [2.45, 2.75) is 24.5 Å². The van der Waals surface area contributed by atoms with Gasteiger partial charge in [0, 0.05) is 33.2 Å². The number of nitrogens with one attached hydrogen (secondary N) is 2. The van der Waals surface area contributed by atoms with Crippen molar-refractivity contribution < 1.29 is 14.3 Å². The maximum Gasteiger partial charge on any atom is 0.241 e. The molecule has 2 atom stereocenters. The average molecular weight is 290 g/mol. The number of carbonyl (C=O) groups excluding carboxylic acids is 1. The Hall–Kier alpha value is -1.43. The normalized spacial score (nSPS) is 28.1. The van der Waals surface area contributed by atoms with Gasteiger partial charge in [0.1, 0.15) is 11.6 Å². The fraction of sp³-hybridized carbons (Fsp3) is 0.562. The summed E-state index contributed by atoms with van der Waals surface area (Å²) in [5, 5.41) is 6.32. The Labute approximate surface area is 125 Å². The van der Waals surface area contributed by atoms with E-state index < -0.39 is 0 Å². The number of rotatable bonds is 4. The van der Waals surface area contributed by atoms with Gasteiger partial charge in [0.25, 0.3) is 0 Å². The van der Waals surface area contributed by atoms with Gasteiger partial charge >= 0.3 is 0 Å². The summed E-state index contributed by atoms with van der Waals surface area (Å²) in [7, 11) is 1.68. The summed E-state index contributed by atoms with van der Waals surface area (Å²) in [4.78, 5) is 12.5. The van der Waals surface area contributed by atoms with Gasteiger partial charge in [-0.05, 0) is 17.5 Å². The second kappa shape index (κ2) is 6.13. The second-order valence-corrected chi connectivity index (χ2v) is 5.74. The van der Waals surface area contributed by atoms with Crippen molar-refractivity contribution in [3.63, 3.8) is 0 Å². The number of ether oxygens (including phenoxy) is 2. The minimum Gasteiger partial charge on any atom is -0.378 e. The Morgan fingerprint density at radius 3 is 3.14 bits per heavy atom. The molecule has 1 fully saturated rings. The van der Waals surface area contributed by atoms with E-state index in [1.54, 1.807) is 7.11 Å². The highest BCUT2D eigenvalue weighted by atomic mass is 16.5. The molecule has 0 spiro atoms. The van der Waals surface area contributed by atoms with Gasteiger partial charge in [0.2, 0.25) is 5.91 Å². The smallest absolute Gasteiger partial charge is 0.241 e. The molecule has 5 nitrogen and oxygen atoms in total. The minimum absolute atomic E-state index is 0.00507. The zero-order valence-corrected chi connectivity index (χ0v) is 12.4. The van der Waals surface area contributed by atoms with Crippen LogP contribution in [0, 0.1) is 0 Å². The average Bonchev–Trinajstić information content (AvgIpc) is 3.01. The standard InChI is InChI=1S/C16H22N2O3/c1-20-16(7-9-21-11-16)10-18-15(19)14-13-5-3-2-4-12(13)6-8-17-14/h2-5,14,17H,6-11H2,1H3,(H,18,19). The first-order valence-electron chi connectivity index (χ1n) is 7.46. The molecule has 2 unspecified atom stereocenters. The topological polar surface area (TPSA) is 59.6 Å². The largest absolute Gasteiger partial charge is 0.378 e. The van der Waals surface area contributed by atoms with Crippen LogP contribution >= 0.6 is 0 Å². The van der Waals surface area contributed by atoms with Gasteiger partial charge < -0.3 is 20.1 Å². The van der Waals surface area contributed by atoms with Gasteiger partial charge in [0.05, 0.1) is 6.61 Å². The van der Waals surface area contributed by atoms with Crippen LogP contribution in [-0.4, -0.2) is 44.9 Å². The molecule has 2 heterocycles. The number of carbonyl (C=O) groups is 1. The third kappa shape index (κ3) is 2.95. The predicted octanol–water partition coefficient (Wildman–Crippen LogP) is 0.795. The number of methoxy groups -OCH3 is 1. The molecule has 2 N–H and O–H groups in total. The maximum absolute atomic E-state index is 12.5. The van der Waals surface area contributed by atoms with Crippen LogP contribution in [-0.2, 0) is 20.7 Å². The van der Waals surface area contributed by atoms with Gasteiger partial charge in [-0.15, -0.1) is 0 Å². The highest BCUT2D eigenvalue weighted by Gasteiger charge is 2.36. The van der Waals surface area contributed by atoms with E-state index in [4.69, 9.17) is 9.47 Å². The van der Waals surface area contributed by atoms with E-state index in [-0.39, 0.29) is 17.6 Å². The Kier molecular flexibility index (Phi) is 4.24. The SMILES string of the molecule is COC1(CNC(=O)C2NCCc3ccccc32)CCOC1. The third-order valence-electron chi connectivity index (χ3n) is 4.46. The van der Waals surface area contributed by atoms with Gasteiger partial charge in [-0.2, -0.15) is 0 Å². The highest BCUT2D eigenvalue weighted by molar-refractivity contribution is 5.84. The number of hydrogen-bond donors (Lipinski definition) is 2. The van der Waals surface area contributed by atoms with Gasteiger partial charge in [0.15, 0.2) is 0 Å². The third-order valence-corrected chi connectivity index (χ3v) is 4.46. The lowest BCUT2D eigenvalue weighted by Gasteiger charge is -2.29. The molecule has 0 bridgehead atoms. The molecule has 1 saturated heterocycles. The van der Waals surface area contributed by atoms with E-state index in [0.717, 1.165) is 24.9 Å². The van der Waals surface area contributed by atoms with E-state index >= 15 is 0 Å². The van der Waals surface area contributed by atoms with Crippen LogP contribution in [0.1, 0.15) is 23.6 Å². The Morgan fingerprint density at radius 2 is 2.38 bits per heavy atom. The van der Waals surface area contributed by atoms with Crippen molar-refractivity contribution in [1.82, 2.24) is 10.6 Å². The van der Waals surface area contributed by atoms with Crippen molar-refractivity contribution in [1.29, 1.82) is 0 Å². The van der Waals surface area contributed by atoms with Crippen LogP contribution < -0.4 is 10.6 Å². The van der Waals surface area contributed by atoms with E-state index in [1.807, 2.05) is 18.2 Å². The molecule has 3 rings (SSSR count). The lowest BCUT2D eigenvalue weighted by Crippen LogP contribution is -2.49. The number of hydrogen-bond acceptors (Lipinski definition) is 4. The van der Waals surface area contributed by atoms with E-state index in [1.165, 1.54) is 5.56 Å². The summed E-state index contributed by atoms with van der Waals surface area (Å²) < 4.78 is 10.9. The molecule has 2 aliphatic heterocycles. The quantitative estimate of drug-likeness (QED) is 0.861. The zero-order valence-electron chi connectivity index (χ0n) is 12.4. The fourth-order valence-corrected chi connectivity index (χ4v) is 3.05. The number of fused-ring (bicyclic) bond motifs is 1. The monoisotopic (exact) mass is 290 g/mol. The summed E-state index contributed by atoms with van der Waals surface area (Å²) in [6, 6.07) is 7.85. The summed E-state index contributed by atoms with van der Waals surface area (Å²) in [5.41, 5.74) is 1.96. The van der Waals surface area contributed by atoms with Crippen LogP contribution in [0.5, 0.6) is 0 Å². The molecular weight excluding hydrogens is 268 g/mol. The number of benzene rings is 1. The van der Waals surface area contributed by atoms with Crippen molar-refractivity contribution in [3.05, 3.63) is 35.4 Å². The molecule has 0 saturated carbocycles. The fourth-order valence-electron chi connectivity index (χ4n) is 3.05. The zero-order chi connectivity index (χ0) is 14.7. The van der Waals surface area contributed by atoms with E-state index in [9.17, 15) is 4.79 Å². The lowest BCUT2D eigenvalue weighted by atomic mass is 9.93. The summed E-state index contributed by atoms with van der Waals surface area (Å²) in [5.74, 6) is 0.00507. The summed E-state index contributed by atoms with van der Waals surface area (Å²) >= 11 is 0. The van der Waals surface area contributed by atoms with E-state index in [0.29, 0.717) is 19.8 Å². The molecule has 1 aromatic carbocycles. The van der Waals surface area contributed by atoms with Crippen LogP contribution in [0.2, 0.25) is 0 Å². The highest BCUT2D eigenvalue weighted by Crippen LogP contribution is 2.24. The minimum atomic E-state index is -0.371. The van der Waals surface area contributed by atoms with Crippen LogP contribution in [0.15, 0.2) is 24.3 Å². The molecule has 1 aromatic rings. The summed E-state index contributed by atoms with van der Waals surface area (Å²) in [6.45, 7) is 2.54. The second-order valence-electron chi connectivity index (χ2n) is 5.74. The van der Waals surface area contributed by atoms with Crippen molar-refractivity contribution in [2.24, 2.45) is 0 Å². The van der Waals surface area contributed by atoms with Crippen LogP contribution in [0.25, 0.3) is 0 Å². The van der Waals surface area contributed by atoms with Gasteiger partial charge in [-0.1, -0.05) is 24.3 Å². The van der Waals surface area contributed by atoms with Crippen molar-refractivity contribution >= 4 is 5.91 Å². The molecule has 1 amide bonds. The van der Waals surface area contributed by atoms with Gasteiger partial charge in [-0.25, -0.2) is 0 Å². The van der Waals surface area contributed by atoms with Crippen LogP contribution in [0.4, 0.5) is 0 Å². The molecule has 0 aromatic heterocycles. The maximum atomic E-state index is 12.5. The molecule has 5 heteroatoms. The van der Waals surface area contributed by atoms with E-state index in [2.05, 4.69) is 16.7 Å². The Morgan fingerprint density at radius 1 is 1.52 bits per heavy atom. The first-order valence-corrected chi connectivity index (χ1v) is 7.46. The number of amides is 1. The molecule has 114 valence electrons. The molecule has 21 heavy (non-hydrogen) atoms.